The number of piperazine rings is 1. The van der Waals surface area contributed by atoms with Gasteiger partial charge in [0.25, 0.3) is 0 Å². The van der Waals surface area contributed by atoms with Gasteiger partial charge in [0.05, 0.1) is 0 Å². The minimum absolute atomic E-state index is 0. The molecule has 0 aliphatic carbocycles. The van der Waals surface area contributed by atoms with Crippen LogP contribution in [0.15, 0.2) is 27.1 Å². The SMILES string of the molecule is CC(C)(C)[C@@H](c1cc(Br)ccc1Br)N1CCNCC1.Cl.Cl. The summed E-state index contributed by atoms with van der Waals surface area (Å²) in [6, 6.07) is 6.91. The first kappa shape index (κ1) is 21.7. The molecule has 1 N–H and O–H groups in total. The number of halogens is 4. The van der Waals surface area contributed by atoms with Gasteiger partial charge in [0.2, 0.25) is 0 Å². The lowest BCUT2D eigenvalue weighted by Crippen LogP contribution is -2.48. The maximum atomic E-state index is 3.73. The van der Waals surface area contributed by atoms with Gasteiger partial charge in [0, 0.05) is 41.2 Å². The maximum Gasteiger partial charge on any atom is 0.0409 e. The topological polar surface area (TPSA) is 15.3 Å². The minimum Gasteiger partial charge on any atom is -0.314 e. The zero-order chi connectivity index (χ0) is 14.0. The molecule has 0 radical (unpaired) electrons. The van der Waals surface area contributed by atoms with E-state index in [9.17, 15) is 0 Å². The largest absolute Gasteiger partial charge is 0.314 e. The number of benzene rings is 1. The Morgan fingerprint density at radius 1 is 1.10 bits per heavy atom. The Bertz CT molecular complexity index is 444. The van der Waals surface area contributed by atoms with Gasteiger partial charge >= 0.3 is 0 Å². The van der Waals surface area contributed by atoms with Gasteiger partial charge in [-0.15, -0.1) is 24.8 Å². The molecule has 1 atom stereocenters. The molecule has 1 aromatic rings. The zero-order valence-corrected chi connectivity index (χ0v) is 17.5. The van der Waals surface area contributed by atoms with Crippen molar-refractivity contribution in [2.24, 2.45) is 5.41 Å². The lowest BCUT2D eigenvalue weighted by molar-refractivity contribution is 0.0857. The molecular weight excluding hydrogens is 439 g/mol. The predicted molar refractivity (Wildman–Crippen MR) is 103 cm³/mol. The average Bonchev–Trinajstić information content (AvgIpc) is 2.33. The lowest BCUT2D eigenvalue weighted by atomic mass is 9.81. The van der Waals surface area contributed by atoms with Crippen molar-refractivity contribution in [1.82, 2.24) is 10.2 Å². The highest BCUT2D eigenvalue weighted by molar-refractivity contribution is 9.11. The van der Waals surface area contributed by atoms with Crippen LogP contribution >= 0.6 is 56.7 Å². The van der Waals surface area contributed by atoms with Crippen LogP contribution in [0.4, 0.5) is 0 Å². The van der Waals surface area contributed by atoms with E-state index in [-0.39, 0.29) is 30.2 Å². The highest BCUT2D eigenvalue weighted by Crippen LogP contribution is 2.41. The van der Waals surface area contributed by atoms with Crippen LogP contribution in [-0.4, -0.2) is 31.1 Å². The van der Waals surface area contributed by atoms with Crippen molar-refractivity contribution >= 4 is 56.7 Å². The van der Waals surface area contributed by atoms with Crippen LogP contribution in [0, 0.1) is 5.41 Å². The zero-order valence-electron chi connectivity index (χ0n) is 12.7. The van der Waals surface area contributed by atoms with Gasteiger partial charge in [0.15, 0.2) is 0 Å². The fourth-order valence-electron chi connectivity index (χ4n) is 2.88. The van der Waals surface area contributed by atoms with E-state index in [2.05, 4.69) is 81.0 Å². The van der Waals surface area contributed by atoms with Crippen LogP contribution in [0.5, 0.6) is 0 Å². The monoisotopic (exact) mass is 460 g/mol. The molecule has 122 valence electrons. The molecule has 0 spiro atoms. The van der Waals surface area contributed by atoms with E-state index in [1.165, 1.54) is 10.0 Å². The smallest absolute Gasteiger partial charge is 0.0409 e. The fraction of sp³-hybridized carbons (Fsp3) is 0.600. The molecule has 2 nitrogen and oxygen atoms in total. The summed E-state index contributed by atoms with van der Waals surface area (Å²) >= 11 is 7.33. The molecule has 1 heterocycles. The highest BCUT2D eigenvalue weighted by atomic mass is 79.9. The second kappa shape index (κ2) is 9.09. The van der Waals surface area contributed by atoms with Crippen molar-refractivity contribution in [2.45, 2.75) is 26.8 Å². The first-order valence-electron chi connectivity index (χ1n) is 6.79. The van der Waals surface area contributed by atoms with Gasteiger partial charge in [-0.1, -0.05) is 52.6 Å². The van der Waals surface area contributed by atoms with Crippen molar-refractivity contribution in [3.63, 3.8) is 0 Å². The summed E-state index contributed by atoms with van der Waals surface area (Å²) < 4.78 is 2.35. The molecule has 1 saturated heterocycles. The minimum atomic E-state index is 0. The third-order valence-electron chi connectivity index (χ3n) is 3.59. The number of nitrogens with one attached hydrogen (secondary N) is 1. The van der Waals surface area contributed by atoms with Crippen LogP contribution < -0.4 is 5.32 Å². The summed E-state index contributed by atoms with van der Waals surface area (Å²) in [5.74, 6) is 0. The van der Waals surface area contributed by atoms with Gasteiger partial charge in [-0.05, 0) is 29.2 Å². The average molecular weight is 463 g/mol. The molecule has 1 aliphatic rings. The first-order valence-corrected chi connectivity index (χ1v) is 8.38. The molecule has 0 bridgehead atoms. The van der Waals surface area contributed by atoms with Crippen molar-refractivity contribution in [1.29, 1.82) is 0 Å². The number of nitrogens with zero attached hydrogens (tertiary/aromatic N) is 1. The van der Waals surface area contributed by atoms with Crippen molar-refractivity contribution < 1.29 is 0 Å². The lowest BCUT2D eigenvalue weighted by Gasteiger charge is -2.43. The van der Waals surface area contributed by atoms with Crippen molar-refractivity contribution in [3.8, 4) is 0 Å². The molecule has 2 rings (SSSR count). The summed E-state index contributed by atoms with van der Waals surface area (Å²) in [7, 11) is 0. The molecule has 1 fully saturated rings. The van der Waals surface area contributed by atoms with Gasteiger partial charge in [-0.2, -0.15) is 0 Å². The second-order valence-corrected chi connectivity index (χ2v) is 7.99. The fourth-order valence-corrected chi connectivity index (χ4v) is 3.72. The Morgan fingerprint density at radius 2 is 1.67 bits per heavy atom. The summed E-state index contributed by atoms with van der Waals surface area (Å²) in [4.78, 5) is 2.60. The predicted octanol–water partition coefficient (Wildman–Crippen LogP) is 5.05. The van der Waals surface area contributed by atoms with Gasteiger partial charge in [0.1, 0.15) is 0 Å². The molecular formula is C15H24Br2Cl2N2. The third-order valence-corrected chi connectivity index (χ3v) is 4.81. The Hall–Kier alpha value is 0.680. The maximum absolute atomic E-state index is 3.73. The molecule has 0 saturated carbocycles. The third kappa shape index (κ3) is 5.67. The molecule has 0 aromatic heterocycles. The Balaban J connectivity index is 0.00000200. The summed E-state index contributed by atoms with van der Waals surface area (Å²) in [5, 5.41) is 3.44. The number of rotatable bonds is 2. The van der Waals surface area contributed by atoms with Crippen LogP contribution in [-0.2, 0) is 0 Å². The molecule has 0 amide bonds. The molecule has 1 aromatic carbocycles. The molecule has 6 heteroatoms. The first-order chi connectivity index (χ1) is 8.89. The summed E-state index contributed by atoms with van der Waals surface area (Å²) in [6.45, 7) is 11.4. The van der Waals surface area contributed by atoms with Gasteiger partial charge in [-0.25, -0.2) is 0 Å². The van der Waals surface area contributed by atoms with Crippen LogP contribution in [0.25, 0.3) is 0 Å². The van der Waals surface area contributed by atoms with Crippen LogP contribution in [0.2, 0.25) is 0 Å². The van der Waals surface area contributed by atoms with E-state index in [0.717, 1.165) is 30.7 Å². The van der Waals surface area contributed by atoms with E-state index >= 15 is 0 Å². The molecule has 1 aliphatic heterocycles. The van der Waals surface area contributed by atoms with Crippen molar-refractivity contribution in [2.75, 3.05) is 26.2 Å². The second-order valence-electron chi connectivity index (χ2n) is 6.22. The van der Waals surface area contributed by atoms with E-state index in [4.69, 9.17) is 0 Å². The standard InChI is InChI=1S/C15H22Br2N2.2ClH/c1-15(2,3)14(19-8-6-18-7-9-19)12-10-11(16)4-5-13(12)17;;/h4-5,10,14,18H,6-9H2,1-3H3;2*1H/t14-;;/m1../s1. The quantitative estimate of drug-likeness (QED) is 0.661. The summed E-state index contributed by atoms with van der Waals surface area (Å²) in [5.41, 5.74) is 1.59. The highest BCUT2D eigenvalue weighted by Gasteiger charge is 2.33. The normalized spacial score (nSPS) is 17.6. The van der Waals surface area contributed by atoms with Crippen LogP contribution in [0.3, 0.4) is 0 Å². The van der Waals surface area contributed by atoms with E-state index < -0.39 is 0 Å². The number of hydrogen-bond donors (Lipinski definition) is 1. The molecule has 21 heavy (non-hydrogen) atoms. The Kier molecular flexibility index (Phi) is 9.39. The Labute approximate surface area is 157 Å². The summed E-state index contributed by atoms with van der Waals surface area (Å²) in [6.07, 6.45) is 0. The Morgan fingerprint density at radius 3 is 2.19 bits per heavy atom. The van der Waals surface area contributed by atoms with E-state index in [1.54, 1.807) is 0 Å². The number of hydrogen-bond acceptors (Lipinski definition) is 2. The van der Waals surface area contributed by atoms with Crippen molar-refractivity contribution in [3.05, 3.63) is 32.7 Å². The van der Waals surface area contributed by atoms with Gasteiger partial charge in [-0.3, -0.25) is 4.90 Å². The van der Waals surface area contributed by atoms with Gasteiger partial charge < -0.3 is 5.32 Å². The van der Waals surface area contributed by atoms with Crippen LogP contribution in [0.1, 0.15) is 32.4 Å². The molecule has 0 unspecified atom stereocenters. The van der Waals surface area contributed by atoms with E-state index in [0.29, 0.717) is 6.04 Å². The van der Waals surface area contributed by atoms with E-state index in [1.807, 2.05) is 0 Å².